The monoisotopic (exact) mass is 424 g/mol. The van der Waals surface area contributed by atoms with E-state index in [2.05, 4.69) is 10.2 Å². The number of hydrogen-bond acceptors (Lipinski definition) is 6. The minimum absolute atomic E-state index is 0.0311. The highest BCUT2D eigenvalue weighted by molar-refractivity contribution is 5.99. The van der Waals surface area contributed by atoms with Crippen LogP contribution in [0.1, 0.15) is 27.7 Å². The molecule has 0 bridgehead atoms. The second kappa shape index (κ2) is 9.41. The van der Waals surface area contributed by atoms with Crippen LogP contribution in [0.2, 0.25) is 0 Å². The van der Waals surface area contributed by atoms with E-state index in [1.807, 2.05) is 49.4 Å². The summed E-state index contributed by atoms with van der Waals surface area (Å²) in [7, 11) is 3.27. The third-order valence-electron chi connectivity index (χ3n) is 5.79. The number of aryl methyl sites for hydroxylation is 1. The first-order valence-electron chi connectivity index (χ1n) is 10.4. The minimum atomic E-state index is -0.223. The number of ether oxygens (including phenoxy) is 3. The lowest BCUT2D eigenvalue weighted by Crippen LogP contribution is -2.43. The van der Waals surface area contributed by atoms with Crippen LogP contribution < -0.4 is 14.8 Å². The Labute approximate surface area is 181 Å². The number of morpholine rings is 1. The van der Waals surface area contributed by atoms with Crippen molar-refractivity contribution in [1.29, 1.82) is 0 Å². The van der Waals surface area contributed by atoms with Gasteiger partial charge >= 0.3 is 0 Å². The number of nitrogens with one attached hydrogen (secondary N) is 1. The Kier molecular flexibility index (Phi) is 6.44. The normalized spacial score (nSPS) is 15.6. The van der Waals surface area contributed by atoms with Crippen LogP contribution in [0.3, 0.4) is 0 Å². The third-order valence-corrected chi connectivity index (χ3v) is 5.79. The molecule has 1 unspecified atom stereocenters. The molecule has 2 heterocycles. The summed E-state index contributed by atoms with van der Waals surface area (Å²) in [5, 5.41) is 3.96. The van der Waals surface area contributed by atoms with Crippen molar-refractivity contribution in [3.8, 4) is 11.5 Å². The number of carbonyl (C=O) groups is 1. The summed E-state index contributed by atoms with van der Waals surface area (Å²) in [6, 6.07) is 13.6. The predicted octanol–water partition coefficient (Wildman–Crippen LogP) is 3.56. The largest absolute Gasteiger partial charge is 0.497 e. The molecule has 1 amide bonds. The molecule has 1 aromatic heterocycles. The van der Waals surface area contributed by atoms with Crippen LogP contribution in [-0.2, 0) is 4.74 Å². The van der Waals surface area contributed by atoms with Gasteiger partial charge in [-0.2, -0.15) is 0 Å². The lowest BCUT2D eigenvalue weighted by Gasteiger charge is -2.35. The fourth-order valence-electron chi connectivity index (χ4n) is 3.99. The van der Waals surface area contributed by atoms with Crippen LogP contribution in [-0.4, -0.2) is 57.9 Å². The van der Waals surface area contributed by atoms with Gasteiger partial charge in [-0.1, -0.05) is 12.1 Å². The average molecular weight is 424 g/mol. The van der Waals surface area contributed by atoms with E-state index in [1.165, 1.54) is 0 Å². The molecule has 7 nitrogen and oxygen atoms in total. The van der Waals surface area contributed by atoms with E-state index in [1.54, 1.807) is 14.2 Å². The number of fused-ring (bicyclic) bond motifs is 1. The Morgan fingerprint density at radius 3 is 2.42 bits per heavy atom. The van der Waals surface area contributed by atoms with Gasteiger partial charge in [0.1, 0.15) is 17.1 Å². The Morgan fingerprint density at radius 2 is 1.74 bits per heavy atom. The maximum atomic E-state index is 13.0. The highest BCUT2D eigenvalue weighted by Gasteiger charge is 2.25. The summed E-state index contributed by atoms with van der Waals surface area (Å²) in [6.07, 6.45) is 0. The number of benzene rings is 2. The predicted molar refractivity (Wildman–Crippen MR) is 118 cm³/mol. The molecule has 0 radical (unpaired) electrons. The molecular weight excluding hydrogens is 396 g/mol. The van der Waals surface area contributed by atoms with Crippen molar-refractivity contribution in [2.75, 3.05) is 47.1 Å². The maximum absolute atomic E-state index is 13.0. The second-order valence-electron chi connectivity index (χ2n) is 7.57. The van der Waals surface area contributed by atoms with E-state index in [0.29, 0.717) is 31.1 Å². The number of amides is 1. The SMILES string of the molecule is COc1ccc(C(CNC(=O)c2oc3ccc(OC)cc3c2C)N2CCOCC2)cc1. The van der Waals surface area contributed by atoms with Crippen molar-refractivity contribution in [3.05, 3.63) is 59.4 Å². The highest BCUT2D eigenvalue weighted by Crippen LogP contribution is 2.29. The van der Waals surface area contributed by atoms with Crippen LogP contribution in [0.25, 0.3) is 11.0 Å². The van der Waals surface area contributed by atoms with Gasteiger partial charge in [-0.3, -0.25) is 9.69 Å². The molecule has 164 valence electrons. The van der Waals surface area contributed by atoms with Crippen LogP contribution >= 0.6 is 0 Å². The fourth-order valence-corrected chi connectivity index (χ4v) is 3.99. The molecule has 7 heteroatoms. The van der Waals surface area contributed by atoms with Gasteiger partial charge in [0.2, 0.25) is 0 Å². The number of methoxy groups -OCH3 is 2. The standard InChI is InChI=1S/C24H28N2O5/c1-16-20-14-19(29-3)8-9-22(20)31-23(16)24(27)25-15-21(26-10-12-30-13-11-26)17-4-6-18(28-2)7-5-17/h4-9,14,21H,10-13,15H2,1-3H3,(H,25,27). The first kappa shape index (κ1) is 21.2. The molecule has 1 N–H and O–H groups in total. The van der Waals surface area contributed by atoms with E-state index >= 15 is 0 Å². The van der Waals surface area contributed by atoms with Crippen molar-refractivity contribution >= 4 is 16.9 Å². The Balaban J connectivity index is 1.54. The molecule has 1 saturated heterocycles. The Hall–Kier alpha value is -3.03. The van der Waals surface area contributed by atoms with Gasteiger partial charge in [0.05, 0.1) is 33.5 Å². The van der Waals surface area contributed by atoms with Crippen LogP contribution in [0, 0.1) is 6.92 Å². The van der Waals surface area contributed by atoms with Crippen LogP contribution in [0.5, 0.6) is 11.5 Å². The fraction of sp³-hybridized carbons (Fsp3) is 0.375. The number of furan rings is 1. The Morgan fingerprint density at radius 1 is 1.06 bits per heavy atom. The summed E-state index contributed by atoms with van der Waals surface area (Å²) >= 11 is 0. The minimum Gasteiger partial charge on any atom is -0.497 e. The van der Waals surface area contributed by atoms with Gasteiger partial charge in [-0.25, -0.2) is 0 Å². The topological polar surface area (TPSA) is 73.2 Å². The van der Waals surface area contributed by atoms with E-state index in [4.69, 9.17) is 18.6 Å². The average Bonchev–Trinajstić information content (AvgIpc) is 3.16. The lowest BCUT2D eigenvalue weighted by atomic mass is 10.0. The van der Waals surface area contributed by atoms with Crippen molar-refractivity contribution in [2.24, 2.45) is 0 Å². The molecule has 3 aromatic rings. The van der Waals surface area contributed by atoms with E-state index in [-0.39, 0.29) is 11.9 Å². The molecular formula is C24H28N2O5. The zero-order chi connectivity index (χ0) is 21.8. The van der Waals surface area contributed by atoms with Gasteiger partial charge in [0, 0.05) is 30.6 Å². The molecule has 0 spiro atoms. The van der Waals surface area contributed by atoms with Gasteiger partial charge in [-0.05, 0) is 42.8 Å². The lowest BCUT2D eigenvalue weighted by molar-refractivity contribution is 0.0161. The van der Waals surface area contributed by atoms with Gasteiger partial charge < -0.3 is 23.9 Å². The smallest absolute Gasteiger partial charge is 0.287 e. The molecule has 2 aromatic carbocycles. The Bertz CT molecular complexity index is 1040. The maximum Gasteiger partial charge on any atom is 0.287 e. The molecule has 1 atom stereocenters. The van der Waals surface area contributed by atoms with Crippen LogP contribution in [0.4, 0.5) is 0 Å². The molecule has 1 fully saturated rings. The first-order chi connectivity index (χ1) is 15.1. The number of hydrogen-bond donors (Lipinski definition) is 1. The zero-order valence-electron chi connectivity index (χ0n) is 18.1. The number of rotatable bonds is 7. The summed E-state index contributed by atoms with van der Waals surface area (Å²) in [5.41, 5.74) is 2.59. The quantitative estimate of drug-likeness (QED) is 0.625. The van der Waals surface area contributed by atoms with Gasteiger partial charge in [-0.15, -0.1) is 0 Å². The molecule has 31 heavy (non-hydrogen) atoms. The van der Waals surface area contributed by atoms with Gasteiger partial charge in [0.15, 0.2) is 5.76 Å². The van der Waals surface area contributed by atoms with Crippen molar-refractivity contribution < 1.29 is 23.4 Å². The summed E-state index contributed by atoms with van der Waals surface area (Å²) < 4.78 is 21.9. The summed E-state index contributed by atoms with van der Waals surface area (Å²) in [6.45, 7) is 5.36. The van der Waals surface area contributed by atoms with Crippen molar-refractivity contribution in [2.45, 2.75) is 13.0 Å². The molecule has 1 aliphatic heterocycles. The number of carbonyl (C=O) groups excluding carboxylic acids is 1. The molecule has 1 aliphatic rings. The van der Waals surface area contributed by atoms with E-state index < -0.39 is 0 Å². The molecule has 0 saturated carbocycles. The molecule has 4 rings (SSSR count). The summed E-state index contributed by atoms with van der Waals surface area (Å²) in [4.78, 5) is 15.3. The highest BCUT2D eigenvalue weighted by atomic mass is 16.5. The first-order valence-corrected chi connectivity index (χ1v) is 10.4. The van der Waals surface area contributed by atoms with Gasteiger partial charge in [0.25, 0.3) is 5.91 Å². The van der Waals surface area contributed by atoms with E-state index in [9.17, 15) is 4.79 Å². The summed E-state index contributed by atoms with van der Waals surface area (Å²) in [5.74, 6) is 1.65. The second-order valence-corrected chi connectivity index (χ2v) is 7.57. The molecule has 0 aliphatic carbocycles. The van der Waals surface area contributed by atoms with Crippen molar-refractivity contribution in [1.82, 2.24) is 10.2 Å². The van der Waals surface area contributed by atoms with Crippen LogP contribution in [0.15, 0.2) is 46.9 Å². The van der Waals surface area contributed by atoms with Crippen molar-refractivity contribution in [3.63, 3.8) is 0 Å². The van der Waals surface area contributed by atoms with E-state index in [0.717, 1.165) is 41.1 Å². The third kappa shape index (κ3) is 4.52. The number of nitrogens with zero attached hydrogens (tertiary/aromatic N) is 1. The zero-order valence-corrected chi connectivity index (χ0v) is 18.1.